The van der Waals surface area contributed by atoms with Crippen molar-refractivity contribution in [2.45, 2.75) is 10.1 Å². The summed E-state index contributed by atoms with van der Waals surface area (Å²) < 4.78 is 4.13. The van der Waals surface area contributed by atoms with Gasteiger partial charge in [0.2, 0.25) is 0 Å². The minimum absolute atomic E-state index is 0.641. The SMILES string of the molecule is Cn1c([S-])c([S-])n(C)c1=S. The van der Waals surface area contributed by atoms with E-state index in [0.717, 1.165) is 0 Å². The van der Waals surface area contributed by atoms with Gasteiger partial charge in [0.1, 0.15) is 0 Å². The van der Waals surface area contributed by atoms with Crippen molar-refractivity contribution in [1.29, 1.82) is 0 Å². The Labute approximate surface area is 75.7 Å². The first-order valence-corrected chi connectivity index (χ1v) is 3.88. The van der Waals surface area contributed by atoms with Crippen LogP contribution in [0.3, 0.4) is 0 Å². The third kappa shape index (κ3) is 0.941. The predicted molar refractivity (Wildman–Crippen MR) is 46.5 cm³/mol. The van der Waals surface area contributed by atoms with Crippen molar-refractivity contribution in [3.8, 4) is 0 Å². The molecule has 0 atom stereocenters. The molecule has 1 heterocycles. The van der Waals surface area contributed by atoms with Crippen molar-refractivity contribution in [3.05, 3.63) is 4.77 Å². The highest BCUT2D eigenvalue weighted by Crippen LogP contribution is 2.08. The van der Waals surface area contributed by atoms with Gasteiger partial charge in [-0.3, -0.25) is 0 Å². The number of rotatable bonds is 0. The topological polar surface area (TPSA) is 9.86 Å². The van der Waals surface area contributed by atoms with Gasteiger partial charge in [-0.05, 0) is 12.2 Å². The lowest BCUT2D eigenvalue weighted by atomic mass is 10.9. The number of hydrogen-bond acceptors (Lipinski definition) is 3. The Morgan fingerprint density at radius 2 is 1.40 bits per heavy atom. The molecule has 0 aliphatic rings. The lowest BCUT2D eigenvalue weighted by molar-refractivity contribution is 0.775. The summed E-state index contributed by atoms with van der Waals surface area (Å²) in [6.45, 7) is 0. The van der Waals surface area contributed by atoms with E-state index in [-0.39, 0.29) is 0 Å². The standard InChI is InChI=1S/C5H8N2S3/c1-6-3(8)4(9)7(2)5(6)10/h8-9H,1-2H3/p-2. The second kappa shape index (κ2) is 2.48. The Kier molecular flexibility index (Phi) is 1.98. The highest BCUT2D eigenvalue weighted by molar-refractivity contribution is 7.71. The fourth-order valence-electron chi connectivity index (χ4n) is 0.686. The highest BCUT2D eigenvalue weighted by Gasteiger charge is 1.91. The predicted octanol–water partition coefficient (Wildman–Crippen LogP) is 0.905. The van der Waals surface area contributed by atoms with Gasteiger partial charge in [-0.2, -0.15) is 0 Å². The van der Waals surface area contributed by atoms with Crippen molar-refractivity contribution in [2.24, 2.45) is 14.1 Å². The maximum Gasteiger partial charge on any atom is 0.176 e. The molecule has 0 aliphatic heterocycles. The Morgan fingerprint density at radius 1 is 1.10 bits per heavy atom. The summed E-state index contributed by atoms with van der Waals surface area (Å²) in [6, 6.07) is 0. The van der Waals surface area contributed by atoms with Gasteiger partial charge >= 0.3 is 0 Å². The first-order chi connectivity index (χ1) is 4.55. The van der Waals surface area contributed by atoms with Gasteiger partial charge < -0.3 is 34.4 Å². The third-order valence-corrected chi connectivity index (χ3v) is 2.98. The van der Waals surface area contributed by atoms with E-state index < -0.39 is 0 Å². The molecule has 0 unspecified atom stereocenters. The highest BCUT2D eigenvalue weighted by atomic mass is 32.1. The molecule has 56 valence electrons. The summed E-state index contributed by atoms with van der Waals surface area (Å²) in [5, 5.41) is 1.28. The summed E-state index contributed by atoms with van der Waals surface area (Å²) in [4.78, 5) is 0. The third-order valence-electron chi connectivity index (χ3n) is 1.37. The van der Waals surface area contributed by atoms with E-state index in [2.05, 4.69) is 0 Å². The van der Waals surface area contributed by atoms with Crippen LogP contribution in [0.15, 0.2) is 10.1 Å². The van der Waals surface area contributed by atoms with E-state index in [9.17, 15) is 0 Å². The minimum Gasteiger partial charge on any atom is -0.762 e. The van der Waals surface area contributed by atoms with Crippen LogP contribution >= 0.6 is 12.2 Å². The van der Waals surface area contributed by atoms with Crippen molar-refractivity contribution in [2.75, 3.05) is 0 Å². The molecule has 1 rings (SSSR count). The number of imidazole rings is 1. The molecular weight excluding hydrogens is 184 g/mol. The molecule has 0 saturated carbocycles. The van der Waals surface area contributed by atoms with Crippen LogP contribution < -0.4 is 0 Å². The van der Waals surface area contributed by atoms with E-state index in [1.807, 2.05) is 14.1 Å². The van der Waals surface area contributed by atoms with E-state index in [0.29, 0.717) is 14.8 Å². The summed E-state index contributed by atoms with van der Waals surface area (Å²) in [5.74, 6) is 0. The molecule has 0 aromatic carbocycles. The van der Waals surface area contributed by atoms with Crippen molar-refractivity contribution < 1.29 is 0 Å². The van der Waals surface area contributed by atoms with Gasteiger partial charge in [0, 0.05) is 14.1 Å². The van der Waals surface area contributed by atoms with Gasteiger partial charge in [0.25, 0.3) is 0 Å². The largest absolute Gasteiger partial charge is 0.762 e. The van der Waals surface area contributed by atoms with E-state index in [4.69, 9.17) is 37.5 Å². The summed E-state index contributed by atoms with van der Waals surface area (Å²) >= 11 is 14.9. The normalized spacial score (nSPS) is 10.2. The Hall–Kier alpha value is -0.130. The lowest BCUT2D eigenvalue weighted by Gasteiger charge is -2.15. The second-order valence-electron chi connectivity index (χ2n) is 2.01. The van der Waals surface area contributed by atoms with Crippen molar-refractivity contribution in [3.63, 3.8) is 0 Å². The zero-order valence-electron chi connectivity index (χ0n) is 5.62. The lowest BCUT2D eigenvalue weighted by Crippen LogP contribution is -1.91. The average molecular weight is 190 g/mol. The fraction of sp³-hybridized carbons (Fsp3) is 0.400. The zero-order chi connectivity index (χ0) is 7.89. The molecular formula is C5H6N2S3-2. The summed E-state index contributed by atoms with van der Waals surface area (Å²) in [5.41, 5.74) is 0. The average Bonchev–Trinajstić information content (AvgIpc) is 2.07. The summed E-state index contributed by atoms with van der Waals surface area (Å²) in [7, 11) is 3.64. The van der Waals surface area contributed by atoms with Gasteiger partial charge in [-0.25, -0.2) is 0 Å². The first kappa shape index (κ1) is 7.97. The minimum atomic E-state index is 0.641. The van der Waals surface area contributed by atoms with Crippen LogP contribution in [-0.2, 0) is 39.4 Å². The maximum atomic E-state index is 5.00. The van der Waals surface area contributed by atoms with Gasteiger partial charge in [-0.15, -0.1) is 10.1 Å². The monoisotopic (exact) mass is 190 g/mol. The molecule has 0 fully saturated rings. The van der Waals surface area contributed by atoms with Crippen LogP contribution in [0.25, 0.3) is 0 Å². The molecule has 0 saturated heterocycles. The molecule has 5 heteroatoms. The molecule has 1 aromatic heterocycles. The smallest absolute Gasteiger partial charge is 0.176 e. The van der Waals surface area contributed by atoms with Crippen LogP contribution in [0.4, 0.5) is 0 Å². The van der Waals surface area contributed by atoms with Crippen LogP contribution in [0.5, 0.6) is 0 Å². The van der Waals surface area contributed by atoms with Crippen LogP contribution in [-0.4, -0.2) is 9.13 Å². The zero-order valence-corrected chi connectivity index (χ0v) is 8.07. The van der Waals surface area contributed by atoms with E-state index >= 15 is 0 Å². The van der Waals surface area contributed by atoms with E-state index in [1.165, 1.54) is 0 Å². The van der Waals surface area contributed by atoms with Crippen LogP contribution in [0.2, 0.25) is 0 Å². The van der Waals surface area contributed by atoms with Crippen LogP contribution in [0, 0.1) is 4.77 Å². The molecule has 10 heavy (non-hydrogen) atoms. The Bertz CT molecular complexity index is 281. The van der Waals surface area contributed by atoms with Gasteiger partial charge in [-0.1, -0.05) is 0 Å². The molecule has 0 spiro atoms. The number of nitrogens with zero attached hydrogens (tertiary/aromatic N) is 2. The van der Waals surface area contributed by atoms with Gasteiger partial charge in [0.15, 0.2) is 4.77 Å². The van der Waals surface area contributed by atoms with Crippen LogP contribution in [0.1, 0.15) is 0 Å². The van der Waals surface area contributed by atoms with Crippen molar-refractivity contribution >= 4 is 37.5 Å². The molecule has 0 bridgehead atoms. The second-order valence-corrected chi connectivity index (χ2v) is 3.15. The van der Waals surface area contributed by atoms with Crippen molar-refractivity contribution in [1.82, 2.24) is 9.13 Å². The molecule has 0 N–H and O–H groups in total. The van der Waals surface area contributed by atoms with Gasteiger partial charge in [0.05, 0.1) is 0 Å². The first-order valence-electron chi connectivity index (χ1n) is 2.65. The Balaban J connectivity index is 3.60. The molecule has 2 nitrogen and oxygen atoms in total. The molecule has 0 amide bonds. The fourth-order valence-corrected chi connectivity index (χ4v) is 1.43. The van der Waals surface area contributed by atoms with E-state index in [1.54, 1.807) is 9.13 Å². The quantitative estimate of drug-likeness (QED) is 0.445. The molecule has 0 aliphatic carbocycles. The molecule has 0 radical (unpaired) electrons. The maximum absolute atomic E-state index is 5.00. The summed E-state index contributed by atoms with van der Waals surface area (Å²) in [6.07, 6.45) is 0. The number of hydrogen-bond donors (Lipinski definition) is 0. The Morgan fingerprint density at radius 3 is 1.50 bits per heavy atom. The molecule has 1 aromatic rings. The number of aromatic nitrogens is 2.